The average Bonchev–Trinajstić information content (AvgIpc) is 3.04. The molecule has 0 aliphatic rings. The smallest absolute Gasteiger partial charge is 0.228 e. The maximum atomic E-state index is 12.8. The largest absolute Gasteiger partial charge is 0.326 e. The number of hydrogen-bond acceptors (Lipinski definition) is 4. The van der Waals surface area contributed by atoms with Crippen LogP contribution in [0.1, 0.15) is 5.56 Å². The van der Waals surface area contributed by atoms with E-state index in [-0.39, 0.29) is 18.1 Å². The summed E-state index contributed by atoms with van der Waals surface area (Å²) in [5, 5.41) is 13.7. The number of hydrogen-bond donors (Lipinski definition) is 1. The summed E-state index contributed by atoms with van der Waals surface area (Å²) in [6.45, 7) is 0. The summed E-state index contributed by atoms with van der Waals surface area (Å²) in [4.78, 5) is 12.0. The fraction of sp³-hybridized carbons (Fsp3) is 0.0667. The number of halogens is 1. The molecule has 3 rings (SSSR count). The third kappa shape index (κ3) is 3.32. The van der Waals surface area contributed by atoms with Crippen molar-refractivity contribution in [1.29, 1.82) is 0 Å². The molecule has 0 spiro atoms. The Balaban J connectivity index is 1.69. The number of aromatic nitrogens is 4. The van der Waals surface area contributed by atoms with Crippen LogP contribution in [0.4, 0.5) is 10.1 Å². The van der Waals surface area contributed by atoms with Crippen LogP contribution in [0.2, 0.25) is 0 Å². The summed E-state index contributed by atoms with van der Waals surface area (Å²) in [6.07, 6.45) is 1.65. The monoisotopic (exact) mass is 297 g/mol. The Hall–Kier alpha value is -3.09. The SMILES string of the molecule is O=C(Cc1ccc(F)cc1)Nc1cccc(-n2cnnn2)c1. The van der Waals surface area contributed by atoms with Crippen molar-refractivity contribution in [1.82, 2.24) is 20.2 Å². The highest BCUT2D eigenvalue weighted by Crippen LogP contribution is 2.14. The lowest BCUT2D eigenvalue weighted by Gasteiger charge is -2.07. The van der Waals surface area contributed by atoms with Crippen molar-refractivity contribution in [3.63, 3.8) is 0 Å². The van der Waals surface area contributed by atoms with Crippen LogP contribution in [-0.4, -0.2) is 26.1 Å². The second-order valence-electron chi connectivity index (χ2n) is 4.66. The van der Waals surface area contributed by atoms with Crippen LogP contribution in [0, 0.1) is 5.82 Å². The van der Waals surface area contributed by atoms with Gasteiger partial charge in [-0.15, -0.1) is 5.10 Å². The predicted octanol–water partition coefficient (Wildman–Crippen LogP) is 1.98. The lowest BCUT2D eigenvalue weighted by atomic mass is 10.1. The molecule has 110 valence electrons. The lowest BCUT2D eigenvalue weighted by molar-refractivity contribution is -0.115. The van der Waals surface area contributed by atoms with Crippen LogP contribution >= 0.6 is 0 Å². The van der Waals surface area contributed by atoms with Gasteiger partial charge in [-0.2, -0.15) is 0 Å². The molecule has 0 saturated heterocycles. The molecule has 0 saturated carbocycles. The first kappa shape index (κ1) is 13.9. The van der Waals surface area contributed by atoms with E-state index in [2.05, 4.69) is 20.8 Å². The summed E-state index contributed by atoms with van der Waals surface area (Å²) >= 11 is 0. The Bertz CT molecular complexity index is 771. The van der Waals surface area contributed by atoms with Gasteiger partial charge in [0, 0.05) is 5.69 Å². The number of nitrogens with one attached hydrogen (secondary N) is 1. The Kier molecular flexibility index (Phi) is 3.86. The van der Waals surface area contributed by atoms with Gasteiger partial charge in [0.2, 0.25) is 5.91 Å². The van der Waals surface area contributed by atoms with Crippen molar-refractivity contribution in [2.45, 2.75) is 6.42 Å². The highest BCUT2D eigenvalue weighted by atomic mass is 19.1. The van der Waals surface area contributed by atoms with E-state index in [0.29, 0.717) is 5.69 Å². The minimum atomic E-state index is -0.321. The van der Waals surface area contributed by atoms with Gasteiger partial charge in [-0.25, -0.2) is 9.07 Å². The van der Waals surface area contributed by atoms with Crippen molar-refractivity contribution in [3.8, 4) is 5.69 Å². The van der Waals surface area contributed by atoms with Crippen LogP contribution in [0.15, 0.2) is 54.9 Å². The van der Waals surface area contributed by atoms with E-state index in [4.69, 9.17) is 0 Å². The highest BCUT2D eigenvalue weighted by molar-refractivity contribution is 5.92. The van der Waals surface area contributed by atoms with E-state index in [1.807, 2.05) is 6.07 Å². The number of nitrogens with zero attached hydrogens (tertiary/aromatic N) is 4. The van der Waals surface area contributed by atoms with Crippen LogP contribution in [0.25, 0.3) is 5.69 Å². The van der Waals surface area contributed by atoms with E-state index in [0.717, 1.165) is 11.3 Å². The number of carbonyl (C=O) groups is 1. The zero-order chi connectivity index (χ0) is 15.4. The van der Waals surface area contributed by atoms with E-state index in [9.17, 15) is 9.18 Å². The molecule has 0 aliphatic heterocycles. The minimum Gasteiger partial charge on any atom is -0.326 e. The fourth-order valence-electron chi connectivity index (χ4n) is 2.00. The van der Waals surface area contributed by atoms with Crippen molar-refractivity contribution in [3.05, 3.63) is 66.2 Å². The summed E-state index contributed by atoms with van der Waals surface area (Å²) in [5.74, 6) is -0.501. The molecule has 7 heteroatoms. The highest BCUT2D eigenvalue weighted by Gasteiger charge is 2.06. The number of anilines is 1. The molecule has 3 aromatic rings. The zero-order valence-corrected chi connectivity index (χ0v) is 11.5. The minimum absolute atomic E-state index is 0.176. The van der Waals surface area contributed by atoms with Crippen LogP contribution in [-0.2, 0) is 11.2 Å². The molecule has 2 aromatic carbocycles. The van der Waals surface area contributed by atoms with Gasteiger partial charge in [-0.05, 0) is 46.3 Å². The van der Waals surface area contributed by atoms with Crippen molar-refractivity contribution in [2.75, 3.05) is 5.32 Å². The van der Waals surface area contributed by atoms with Gasteiger partial charge in [0.1, 0.15) is 12.1 Å². The molecule has 0 aliphatic carbocycles. The second kappa shape index (κ2) is 6.13. The quantitative estimate of drug-likeness (QED) is 0.799. The Morgan fingerprint density at radius 3 is 2.73 bits per heavy atom. The summed E-state index contributed by atoms with van der Waals surface area (Å²) in [5.41, 5.74) is 2.13. The number of tetrazole rings is 1. The number of carbonyl (C=O) groups excluding carboxylic acids is 1. The van der Waals surface area contributed by atoms with Gasteiger partial charge >= 0.3 is 0 Å². The molecule has 6 nitrogen and oxygen atoms in total. The van der Waals surface area contributed by atoms with Crippen molar-refractivity contribution < 1.29 is 9.18 Å². The third-order valence-corrected chi connectivity index (χ3v) is 3.02. The van der Waals surface area contributed by atoms with Crippen molar-refractivity contribution in [2.24, 2.45) is 0 Å². The molecule has 1 aromatic heterocycles. The molecule has 0 unspecified atom stereocenters. The molecular formula is C15H12FN5O. The van der Waals surface area contributed by atoms with E-state index < -0.39 is 0 Å². The summed E-state index contributed by atoms with van der Waals surface area (Å²) in [7, 11) is 0. The molecule has 1 N–H and O–H groups in total. The predicted molar refractivity (Wildman–Crippen MR) is 77.9 cm³/mol. The fourth-order valence-corrected chi connectivity index (χ4v) is 2.00. The summed E-state index contributed by atoms with van der Waals surface area (Å²) < 4.78 is 14.3. The Morgan fingerprint density at radius 1 is 1.18 bits per heavy atom. The van der Waals surface area contributed by atoms with E-state index >= 15 is 0 Å². The molecule has 0 fully saturated rings. The standard InChI is InChI=1S/C15H12FN5O/c16-12-6-4-11(5-7-12)8-15(22)18-13-2-1-3-14(9-13)21-10-17-19-20-21/h1-7,9-10H,8H2,(H,18,22). The molecule has 0 bridgehead atoms. The lowest BCUT2D eigenvalue weighted by Crippen LogP contribution is -2.14. The first-order chi connectivity index (χ1) is 10.7. The number of benzene rings is 2. The molecule has 1 amide bonds. The third-order valence-electron chi connectivity index (χ3n) is 3.02. The first-order valence-corrected chi connectivity index (χ1v) is 6.58. The van der Waals surface area contributed by atoms with E-state index in [1.54, 1.807) is 30.3 Å². The normalized spacial score (nSPS) is 10.4. The molecule has 0 radical (unpaired) electrons. The maximum absolute atomic E-state index is 12.8. The molecule has 22 heavy (non-hydrogen) atoms. The van der Waals surface area contributed by atoms with Crippen LogP contribution in [0.3, 0.4) is 0 Å². The number of amides is 1. The number of rotatable bonds is 4. The topological polar surface area (TPSA) is 72.7 Å². The van der Waals surface area contributed by atoms with Crippen LogP contribution in [0.5, 0.6) is 0 Å². The summed E-state index contributed by atoms with van der Waals surface area (Å²) in [6, 6.07) is 13.0. The molecule has 0 atom stereocenters. The zero-order valence-electron chi connectivity index (χ0n) is 11.5. The molecular weight excluding hydrogens is 285 g/mol. The van der Waals surface area contributed by atoms with Crippen molar-refractivity contribution >= 4 is 11.6 Å². The van der Waals surface area contributed by atoms with Gasteiger partial charge in [0.25, 0.3) is 0 Å². The second-order valence-corrected chi connectivity index (χ2v) is 4.66. The van der Waals surface area contributed by atoms with Gasteiger partial charge < -0.3 is 5.32 Å². The van der Waals surface area contributed by atoms with Gasteiger partial charge in [0.15, 0.2) is 0 Å². The maximum Gasteiger partial charge on any atom is 0.228 e. The van der Waals surface area contributed by atoms with E-state index in [1.165, 1.54) is 23.1 Å². The average molecular weight is 297 g/mol. The first-order valence-electron chi connectivity index (χ1n) is 6.58. The molecule has 1 heterocycles. The Morgan fingerprint density at radius 2 is 2.00 bits per heavy atom. The Labute approximate surface area is 125 Å². The van der Waals surface area contributed by atoms with Crippen LogP contribution < -0.4 is 5.32 Å². The van der Waals surface area contributed by atoms with Gasteiger partial charge in [0.05, 0.1) is 12.1 Å². The van der Waals surface area contributed by atoms with Gasteiger partial charge in [-0.1, -0.05) is 18.2 Å². The van der Waals surface area contributed by atoms with Gasteiger partial charge in [-0.3, -0.25) is 4.79 Å².